The highest BCUT2D eigenvalue weighted by molar-refractivity contribution is 5.78. The Morgan fingerprint density at radius 1 is 1.10 bits per heavy atom. The third kappa shape index (κ3) is 4.01. The number of hydrogen-bond acceptors (Lipinski definition) is 7. The average molecular weight is 404 g/mol. The van der Waals surface area contributed by atoms with Gasteiger partial charge in [-0.3, -0.25) is 9.69 Å². The molecule has 4 atom stereocenters. The van der Waals surface area contributed by atoms with Crippen LogP contribution in [-0.2, 0) is 9.53 Å². The third-order valence-electron chi connectivity index (χ3n) is 6.51. The molecule has 1 aromatic carbocycles. The van der Waals surface area contributed by atoms with E-state index in [0.717, 1.165) is 25.3 Å². The number of aliphatic hydroxyl groups excluding tert-OH is 1. The highest BCUT2D eigenvalue weighted by atomic mass is 16.7. The van der Waals surface area contributed by atoms with Gasteiger partial charge < -0.3 is 29.0 Å². The van der Waals surface area contributed by atoms with Crippen molar-refractivity contribution in [1.82, 2.24) is 9.80 Å². The number of carbonyl (C=O) groups is 1. The molecule has 0 unspecified atom stereocenters. The molecule has 0 radical (unpaired) electrons. The van der Waals surface area contributed by atoms with Crippen LogP contribution in [0.15, 0.2) is 18.2 Å². The van der Waals surface area contributed by atoms with Crippen LogP contribution < -0.4 is 14.2 Å². The van der Waals surface area contributed by atoms with E-state index >= 15 is 0 Å². The maximum Gasteiger partial charge on any atom is 0.236 e. The van der Waals surface area contributed by atoms with Crippen molar-refractivity contribution in [3.8, 4) is 17.2 Å². The predicted octanol–water partition coefficient (Wildman–Crippen LogP) is 0.724. The average Bonchev–Trinajstić information content (AvgIpc) is 3.34. The zero-order chi connectivity index (χ0) is 19.8. The first kappa shape index (κ1) is 19.0. The number of hydrogen-bond donors (Lipinski definition) is 1. The number of benzene rings is 1. The van der Waals surface area contributed by atoms with E-state index in [-0.39, 0.29) is 18.8 Å². The van der Waals surface area contributed by atoms with Crippen LogP contribution in [0.25, 0.3) is 0 Å². The van der Waals surface area contributed by atoms with Crippen LogP contribution in [0.1, 0.15) is 12.8 Å². The van der Waals surface area contributed by atoms with Gasteiger partial charge in [-0.2, -0.15) is 0 Å². The van der Waals surface area contributed by atoms with Crippen LogP contribution in [-0.4, -0.2) is 85.8 Å². The van der Waals surface area contributed by atoms with Crippen molar-refractivity contribution in [2.75, 3.05) is 52.7 Å². The molecule has 2 saturated heterocycles. The Kier molecular flexibility index (Phi) is 5.24. The molecule has 0 aromatic heterocycles. The van der Waals surface area contributed by atoms with Crippen LogP contribution >= 0.6 is 0 Å². The Bertz CT molecular complexity index is 753. The quantitative estimate of drug-likeness (QED) is 0.792. The molecule has 5 rings (SSSR count). The first-order valence-corrected chi connectivity index (χ1v) is 10.5. The van der Waals surface area contributed by atoms with E-state index in [2.05, 4.69) is 4.90 Å². The van der Waals surface area contributed by atoms with E-state index in [0.29, 0.717) is 62.6 Å². The molecule has 158 valence electrons. The zero-order valence-corrected chi connectivity index (χ0v) is 16.5. The molecule has 8 heteroatoms. The Balaban J connectivity index is 1.17. The Morgan fingerprint density at radius 2 is 1.86 bits per heavy atom. The predicted molar refractivity (Wildman–Crippen MR) is 103 cm³/mol. The molecule has 29 heavy (non-hydrogen) atoms. The van der Waals surface area contributed by atoms with Crippen molar-refractivity contribution < 1.29 is 28.8 Å². The van der Waals surface area contributed by atoms with Gasteiger partial charge in [-0.25, -0.2) is 0 Å². The highest BCUT2D eigenvalue weighted by Crippen LogP contribution is 2.40. The Hall–Kier alpha value is -2.03. The molecule has 3 heterocycles. The van der Waals surface area contributed by atoms with Crippen molar-refractivity contribution in [2.45, 2.75) is 25.0 Å². The standard InChI is InChI=1S/C21H28N2O6/c24-17-7-14-10-22(12-21(25)23-3-5-26-6-4-23)11-15(14)8-19(17)29-16-1-2-18-20(9-16)28-13-27-18/h1-2,9,14-15,17,19,24H,3-8,10-13H2/t14-,15+,17+,19+/m0/s1. The number of fused-ring (bicyclic) bond motifs is 2. The van der Waals surface area contributed by atoms with Crippen molar-refractivity contribution in [2.24, 2.45) is 11.8 Å². The fourth-order valence-electron chi connectivity index (χ4n) is 4.97. The van der Waals surface area contributed by atoms with Crippen LogP contribution in [0.5, 0.6) is 17.2 Å². The molecular formula is C21H28N2O6. The van der Waals surface area contributed by atoms with Gasteiger partial charge in [0.05, 0.1) is 25.9 Å². The van der Waals surface area contributed by atoms with Crippen molar-refractivity contribution in [1.29, 1.82) is 0 Å². The molecule has 3 aliphatic heterocycles. The van der Waals surface area contributed by atoms with Gasteiger partial charge in [0.2, 0.25) is 12.7 Å². The van der Waals surface area contributed by atoms with Crippen LogP contribution in [0.2, 0.25) is 0 Å². The number of amides is 1. The number of aliphatic hydroxyl groups is 1. The molecular weight excluding hydrogens is 376 g/mol. The van der Waals surface area contributed by atoms with Crippen molar-refractivity contribution in [3.63, 3.8) is 0 Å². The number of likely N-dealkylation sites (tertiary alicyclic amines) is 1. The molecule has 1 N–H and O–H groups in total. The lowest BCUT2D eigenvalue weighted by Gasteiger charge is -2.35. The van der Waals surface area contributed by atoms with E-state index in [4.69, 9.17) is 18.9 Å². The molecule has 4 aliphatic rings. The van der Waals surface area contributed by atoms with Crippen LogP contribution in [0.4, 0.5) is 0 Å². The maximum atomic E-state index is 12.6. The van der Waals surface area contributed by atoms with E-state index in [1.807, 2.05) is 23.1 Å². The summed E-state index contributed by atoms with van der Waals surface area (Å²) in [6, 6.07) is 5.52. The number of carbonyl (C=O) groups excluding carboxylic acids is 1. The molecule has 1 aliphatic carbocycles. The summed E-state index contributed by atoms with van der Waals surface area (Å²) in [7, 11) is 0. The lowest BCUT2D eigenvalue weighted by Crippen LogP contribution is -2.45. The second-order valence-corrected chi connectivity index (χ2v) is 8.42. The third-order valence-corrected chi connectivity index (χ3v) is 6.51. The first-order valence-electron chi connectivity index (χ1n) is 10.5. The first-order chi connectivity index (χ1) is 14.2. The minimum absolute atomic E-state index is 0.181. The molecule has 1 saturated carbocycles. The lowest BCUT2D eigenvalue weighted by molar-refractivity contribution is -0.136. The van der Waals surface area contributed by atoms with Gasteiger partial charge in [0.25, 0.3) is 0 Å². The second-order valence-electron chi connectivity index (χ2n) is 8.42. The van der Waals surface area contributed by atoms with Crippen molar-refractivity contribution in [3.05, 3.63) is 18.2 Å². The summed E-state index contributed by atoms with van der Waals surface area (Å²) in [6.07, 6.45) is 0.757. The summed E-state index contributed by atoms with van der Waals surface area (Å²) in [4.78, 5) is 16.7. The number of nitrogens with zero attached hydrogens (tertiary/aromatic N) is 2. The molecule has 0 bridgehead atoms. The summed E-state index contributed by atoms with van der Waals surface area (Å²) < 4.78 is 22.2. The second kappa shape index (κ2) is 8.01. The normalized spacial score (nSPS) is 31.6. The minimum atomic E-state index is -0.503. The van der Waals surface area contributed by atoms with E-state index < -0.39 is 6.10 Å². The van der Waals surface area contributed by atoms with Crippen molar-refractivity contribution >= 4 is 5.91 Å². The Labute approximate surface area is 170 Å². The maximum absolute atomic E-state index is 12.6. The summed E-state index contributed by atoms with van der Waals surface area (Å²) in [5.41, 5.74) is 0. The van der Waals surface area contributed by atoms with Crippen LogP contribution in [0.3, 0.4) is 0 Å². The van der Waals surface area contributed by atoms with E-state index in [1.54, 1.807) is 0 Å². The number of ether oxygens (including phenoxy) is 4. The van der Waals surface area contributed by atoms with Gasteiger partial charge in [-0.15, -0.1) is 0 Å². The van der Waals surface area contributed by atoms with Gasteiger partial charge in [0, 0.05) is 32.2 Å². The monoisotopic (exact) mass is 404 g/mol. The molecule has 0 spiro atoms. The number of morpholine rings is 1. The Morgan fingerprint density at radius 3 is 2.69 bits per heavy atom. The van der Waals surface area contributed by atoms with Gasteiger partial charge in [-0.1, -0.05) is 0 Å². The number of rotatable bonds is 4. The van der Waals surface area contributed by atoms with Crippen LogP contribution in [0, 0.1) is 11.8 Å². The summed E-state index contributed by atoms with van der Waals surface area (Å²) >= 11 is 0. The molecule has 3 fully saturated rings. The molecule has 1 aromatic rings. The largest absolute Gasteiger partial charge is 0.488 e. The SMILES string of the molecule is O=C(CN1C[C@H]2C[C@@H](Oc3ccc4c(c3)OCO4)[C@H](O)C[C@H]2C1)N1CCOCC1. The fourth-order valence-corrected chi connectivity index (χ4v) is 4.97. The fraction of sp³-hybridized carbons (Fsp3) is 0.667. The summed E-state index contributed by atoms with van der Waals surface area (Å²) in [6.45, 7) is 5.06. The molecule has 8 nitrogen and oxygen atoms in total. The van der Waals surface area contributed by atoms with E-state index in [9.17, 15) is 9.90 Å². The van der Waals surface area contributed by atoms with Gasteiger partial charge in [0.15, 0.2) is 11.5 Å². The van der Waals surface area contributed by atoms with Gasteiger partial charge in [0.1, 0.15) is 11.9 Å². The van der Waals surface area contributed by atoms with Gasteiger partial charge >= 0.3 is 0 Å². The topological polar surface area (TPSA) is 80.7 Å². The smallest absolute Gasteiger partial charge is 0.236 e. The minimum Gasteiger partial charge on any atom is -0.488 e. The lowest BCUT2D eigenvalue weighted by atomic mass is 9.78. The van der Waals surface area contributed by atoms with E-state index in [1.165, 1.54) is 0 Å². The zero-order valence-electron chi connectivity index (χ0n) is 16.5. The van der Waals surface area contributed by atoms with Gasteiger partial charge in [-0.05, 0) is 36.8 Å². The highest BCUT2D eigenvalue weighted by Gasteiger charge is 2.43. The summed E-state index contributed by atoms with van der Waals surface area (Å²) in [5.74, 6) is 3.13. The summed E-state index contributed by atoms with van der Waals surface area (Å²) in [5, 5.41) is 10.7. The molecule has 1 amide bonds.